The molecule has 0 radical (unpaired) electrons. The van der Waals surface area contributed by atoms with E-state index in [1.54, 1.807) is 17.0 Å². The molecular formula is C22H20FN3OS. The minimum atomic E-state index is -0.307. The highest BCUT2D eigenvalue weighted by atomic mass is 32.2. The highest BCUT2D eigenvalue weighted by Gasteiger charge is 2.33. The highest BCUT2D eigenvalue weighted by molar-refractivity contribution is 8.18. The summed E-state index contributed by atoms with van der Waals surface area (Å²) < 4.78 is 13.2. The Balaban J connectivity index is 1.68. The number of benzene rings is 2. The maximum absolute atomic E-state index is 13.2. The molecule has 1 fully saturated rings. The van der Waals surface area contributed by atoms with Gasteiger partial charge in [0.1, 0.15) is 5.82 Å². The van der Waals surface area contributed by atoms with Gasteiger partial charge in [0.05, 0.1) is 10.6 Å². The van der Waals surface area contributed by atoms with Crippen LogP contribution in [0, 0.1) is 11.7 Å². The van der Waals surface area contributed by atoms with Crippen LogP contribution in [0.15, 0.2) is 64.6 Å². The van der Waals surface area contributed by atoms with Crippen molar-refractivity contribution < 1.29 is 9.18 Å². The molecule has 1 aromatic heterocycles. The van der Waals surface area contributed by atoms with E-state index in [9.17, 15) is 9.18 Å². The quantitative estimate of drug-likeness (QED) is 0.589. The van der Waals surface area contributed by atoms with Crippen LogP contribution in [0.2, 0.25) is 0 Å². The van der Waals surface area contributed by atoms with Crippen molar-refractivity contribution in [1.82, 2.24) is 9.88 Å². The Hall–Kier alpha value is -2.86. The summed E-state index contributed by atoms with van der Waals surface area (Å²) >= 11 is 1.36. The third-order valence-electron chi connectivity index (χ3n) is 4.36. The van der Waals surface area contributed by atoms with E-state index in [0.717, 1.165) is 16.5 Å². The fraction of sp³-hybridized carbons (Fsp3) is 0.182. The zero-order valence-corrected chi connectivity index (χ0v) is 16.5. The molecule has 0 bridgehead atoms. The third kappa shape index (κ3) is 3.87. The molecule has 0 unspecified atom stereocenters. The molecule has 4 nitrogen and oxygen atoms in total. The molecule has 28 heavy (non-hydrogen) atoms. The van der Waals surface area contributed by atoms with Gasteiger partial charge in [0.2, 0.25) is 0 Å². The molecule has 4 rings (SSSR count). The fourth-order valence-corrected chi connectivity index (χ4v) is 4.06. The van der Waals surface area contributed by atoms with Gasteiger partial charge in [-0.15, -0.1) is 0 Å². The number of fused-ring (bicyclic) bond motifs is 1. The Kier molecular flexibility index (Phi) is 5.05. The van der Waals surface area contributed by atoms with E-state index in [2.05, 4.69) is 29.9 Å². The molecule has 0 aliphatic carbocycles. The Morgan fingerprint density at radius 2 is 1.96 bits per heavy atom. The number of H-pyrrole nitrogens is 1. The molecule has 1 N–H and O–H groups in total. The normalized spacial score (nSPS) is 17.6. The van der Waals surface area contributed by atoms with Crippen molar-refractivity contribution in [1.29, 1.82) is 0 Å². The number of thioether (sulfide) groups is 1. The summed E-state index contributed by atoms with van der Waals surface area (Å²) in [5.74, 6) is -0.0499. The SMILES string of the molecule is CC(C)CN1C(=O)/C(=C/c2ccc3[nH]ccc3c2)S/C1=N\c1ccc(F)cc1. The largest absolute Gasteiger partial charge is 0.361 e. The van der Waals surface area contributed by atoms with Crippen LogP contribution in [0.1, 0.15) is 19.4 Å². The van der Waals surface area contributed by atoms with Gasteiger partial charge < -0.3 is 4.98 Å². The van der Waals surface area contributed by atoms with Crippen molar-refractivity contribution in [3.05, 3.63) is 71.0 Å². The predicted molar refractivity (Wildman–Crippen MR) is 114 cm³/mol. The minimum Gasteiger partial charge on any atom is -0.361 e. The molecule has 1 aliphatic heterocycles. The molecule has 1 saturated heterocycles. The van der Waals surface area contributed by atoms with Gasteiger partial charge >= 0.3 is 0 Å². The smallest absolute Gasteiger partial charge is 0.266 e. The molecule has 0 atom stereocenters. The van der Waals surface area contributed by atoms with Crippen molar-refractivity contribution in [3.63, 3.8) is 0 Å². The molecule has 142 valence electrons. The standard InChI is InChI=1S/C22H20FN3OS/c1-14(2)13-26-21(27)20(12-15-3-8-19-16(11-15)9-10-24-19)28-22(26)25-18-6-4-17(23)5-7-18/h3-12,14,24H,13H2,1-2H3/b20-12-,25-22-. The molecule has 1 aliphatic rings. The maximum Gasteiger partial charge on any atom is 0.266 e. The molecular weight excluding hydrogens is 373 g/mol. The lowest BCUT2D eigenvalue weighted by molar-refractivity contribution is -0.122. The summed E-state index contributed by atoms with van der Waals surface area (Å²) in [6, 6.07) is 14.0. The Labute approximate surface area is 167 Å². The van der Waals surface area contributed by atoms with Crippen molar-refractivity contribution in [2.75, 3.05) is 6.54 Å². The van der Waals surface area contributed by atoms with Gasteiger partial charge in [0, 0.05) is 18.3 Å². The summed E-state index contributed by atoms with van der Waals surface area (Å²) in [6.45, 7) is 4.71. The summed E-state index contributed by atoms with van der Waals surface area (Å²) in [7, 11) is 0. The summed E-state index contributed by atoms with van der Waals surface area (Å²) in [4.78, 5) is 23.1. The van der Waals surface area contributed by atoms with Crippen LogP contribution in [0.25, 0.3) is 17.0 Å². The summed E-state index contributed by atoms with van der Waals surface area (Å²) in [6.07, 6.45) is 3.80. The number of rotatable bonds is 4. The van der Waals surface area contributed by atoms with Crippen LogP contribution >= 0.6 is 11.8 Å². The van der Waals surface area contributed by atoms with Crippen molar-refractivity contribution in [2.24, 2.45) is 10.9 Å². The first-order chi connectivity index (χ1) is 13.5. The van der Waals surface area contributed by atoms with Gasteiger partial charge in [0.15, 0.2) is 5.17 Å². The van der Waals surface area contributed by atoms with Crippen LogP contribution in [-0.2, 0) is 4.79 Å². The average molecular weight is 393 g/mol. The Morgan fingerprint density at radius 3 is 2.71 bits per heavy atom. The number of hydrogen-bond donors (Lipinski definition) is 1. The lowest BCUT2D eigenvalue weighted by atomic mass is 10.1. The topological polar surface area (TPSA) is 48.5 Å². The van der Waals surface area contributed by atoms with E-state index in [1.165, 1.54) is 23.9 Å². The monoisotopic (exact) mass is 393 g/mol. The molecule has 6 heteroatoms. The summed E-state index contributed by atoms with van der Waals surface area (Å²) in [5, 5.41) is 1.73. The molecule has 0 saturated carbocycles. The minimum absolute atomic E-state index is 0.0475. The van der Waals surface area contributed by atoms with E-state index in [-0.39, 0.29) is 11.7 Å². The lowest BCUT2D eigenvalue weighted by Crippen LogP contribution is -2.32. The van der Waals surface area contributed by atoms with Crippen LogP contribution < -0.4 is 0 Å². The third-order valence-corrected chi connectivity index (χ3v) is 5.37. The molecule has 1 amide bonds. The lowest BCUT2D eigenvalue weighted by Gasteiger charge is -2.17. The van der Waals surface area contributed by atoms with Gasteiger partial charge in [-0.05, 0) is 77.2 Å². The first-order valence-electron chi connectivity index (χ1n) is 9.12. The van der Waals surface area contributed by atoms with Gasteiger partial charge in [-0.1, -0.05) is 19.9 Å². The van der Waals surface area contributed by atoms with Gasteiger partial charge in [-0.25, -0.2) is 9.38 Å². The zero-order chi connectivity index (χ0) is 19.7. The van der Waals surface area contributed by atoms with Crippen molar-refractivity contribution in [3.8, 4) is 0 Å². The number of aromatic nitrogens is 1. The summed E-state index contributed by atoms with van der Waals surface area (Å²) in [5.41, 5.74) is 2.66. The van der Waals surface area contributed by atoms with E-state index >= 15 is 0 Å². The number of amides is 1. The molecule has 2 heterocycles. The van der Waals surface area contributed by atoms with E-state index in [1.807, 2.05) is 30.5 Å². The predicted octanol–water partition coefficient (Wildman–Crippen LogP) is 5.57. The Morgan fingerprint density at radius 1 is 1.18 bits per heavy atom. The van der Waals surface area contributed by atoms with Crippen molar-refractivity contribution >= 4 is 45.5 Å². The number of halogens is 1. The second-order valence-corrected chi connectivity index (χ2v) is 8.12. The number of aromatic amines is 1. The van der Waals surface area contributed by atoms with Crippen molar-refractivity contribution in [2.45, 2.75) is 13.8 Å². The number of nitrogens with zero attached hydrogens (tertiary/aromatic N) is 2. The van der Waals surface area contributed by atoms with Gasteiger partial charge in [0.25, 0.3) is 5.91 Å². The maximum atomic E-state index is 13.2. The van der Waals surface area contributed by atoms with Crippen LogP contribution in [0.3, 0.4) is 0 Å². The number of nitrogens with one attached hydrogen (secondary N) is 1. The number of carbonyl (C=O) groups is 1. The number of amidine groups is 1. The number of hydrogen-bond acceptors (Lipinski definition) is 3. The zero-order valence-electron chi connectivity index (χ0n) is 15.6. The highest BCUT2D eigenvalue weighted by Crippen LogP contribution is 2.35. The van der Waals surface area contributed by atoms with E-state index in [4.69, 9.17) is 0 Å². The molecule has 0 spiro atoms. The first-order valence-corrected chi connectivity index (χ1v) is 9.94. The Bertz CT molecular complexity index is 1080. The van der Waals surface area contributed by atoms with Crippen LogP contribution in [-0.4, -0.2) is 27.5 Å². The second-order valence-electron chi connectivity index (χ2n) is 7.12. The van der Waals surface area contributed by atoms with E-state index < -0.39 is 0 Å². The number of aliphatic imine (C=N–C) groups is 1. The van der Waals surface area contributed by atoms with Gasteiger partial charge in [-0.2, -0.15) is 0 Å². The fourth-order valence-electron chi connectivity index (χ4n) is 3.06. The average Bonchev–Trinajstić information content (AvgIpc) is 3.23. The number of carbonyl (C=O) groups excluding carboxylic acids is 1. The first kappa shape index (κ1) is 18.5. The van der Waals surface area contributed by atoms with Crippen LogP contribution in [0.5, 0.6) is 0 Å². The molecule has 3 aromatic rings. The van der Waals surface area contributed by atoms with E-state index in [0.29, 0.717) is 28.2 Å². The molecule has 2 aromatic carbocycles. The second kappa shape index (κ2) is 7.64. The van der Waals surface area contributed by atoms with Gasteiger partial charge in [-0.3, -0.25) is 9.69 Å². The van der Waals surface area contributed by atoms with Crippen LogP contribution in [0.4, 0.5) is 10.1 Å².